The van der Waals surface area contributed by atoms with Gasteiger partial charge >= 0.3 is 0 Å². The molecule has 0 radical (unpaired) electrons. The van der Waals surface area contributed by atoms with Gasteiger partial charge in [-0.15, -0.1) is 0 Å². The zero-order valence-electron chi connectivity index (χ0n) is 25.2. The van der Waals surface area contributed by atoms with Crippen molar-refractivity contribution in [3.05, 3.63) is 0 Å². The van der Waals surface area contributed by atoms with Crippen LogP contribution in [-0.4, -0.2) is 37.4 Å². The third kappa shape index (κ3) is 8.76. The number of rotatable bonds is 20. The van der Waals surface area contributed by atoms with Gasteiger partial charge in [-0.2, -0.15) is 0 Å². The smallest absolute Gasteiger partial charge is 0.151 e. The Balaban J connectivity index is 1.24. The Bertz CT molecular complexity index is 582. The molecule has 0 unspecified atom stereocenters. The van der Waals surface area contributed by atoms with Crippen molar-refractivity contribution in [3.8, 4) is 0 Å². The number of unbranched alkanes of at least 4 members (excludes halogenated alkanes) is 14. The normalized spacial score (nSPS) is 31.2. The first kappa shape index (κ1) is 32.0. The fourth-order valence-electron chi connectivity index (χ4n) is 7.66. The number of ether oxygens (including phenoxy) is 2. The Morgan fingerprint density at radius 2 is 0.895 bits per heavy atom. The minimum Gasteiger partial charge on any atom is -0.378 e. The van der Waals surface area contributed by atoms with E-state index in [1.807, 2.05) is 0 Å². The second-order valence-electron chi connectivity index (χ2n) is 13.1. The molecule has 0 amide bonds. The third-order valence-electron chi connectivity index (χ3n) is 10.2. The standard InChI is InChI=1S/C34H61FO3/c1-3-5-7-9-11-13-15-17-27-37-29-19-23-33(24-20-29)31(35)34(32(33)36)25-21-30(22-26-34)38-28-18-16-14-12-10-8-6-4-2/h29-31H,3-28H2,1-2H3. The maximum atomic E-state index is 15.8. The van der Waals surface area contributed by atoms with Crippen LogP contribution in [0, 0.1) is 10.8 Å². The molecule has 0 saturated heterocycles. The van der Waals surface area contributed by atoms with Gasteiger partial charge in [0.05, 0.1) is 23.0 Å². The summed E-state index contributed by atoms with van der Waals surface area (Å²) < 4.78 is 28.1. The lowest BCUT2D eigenvalue weighted by Crippen LogP contribution is -2.69. The van der Waals surface area contributed by atoms with Crippen LogP contribution < -0.4 is 0 Å². The van der Waals surface area contributed by atoms with Gasteiger partial charge in [-0.1, -0.05) is 104 Å². The van der Waals surface area contributed by atoms with Crippen LogP contribution in [0.4, 0.5) is 4.39 Å². The summed E-state index contributed by atoms with van der Waals surface area (Å²) in [7, 11) is 0. The van der Waals surface area contributed by atoms with Gasteiger partial charge in [-0.25, -0.2) is 4.39 Å². The van der Waals surface area contributed by atoms with E-state index in [1.54, 1.807) is 0 Å². The molecule has 222 valence electrons. The second-order valence-corrected chi connectivity index (χ2v) is 13.1. The van der Waals surface area contributed by atoms with E-state index < -0.39 is 17.0 Å². The molecular weight excluding hydrogens is 475 g/mol. The average Bonchev–Trinajstić information content (AvgIpc) is 2.95. The second kappa shape index (κ2) is 17.4. The lowest BCUT2D eigenvalue weighted by molar-refractivity contribution is -0.198. The highest BCUT2D eigenvalue weighted by Gasteiger charge is 2.71. The molecule has 3 rings (SSSR count). The number of carbonyl (C=O) groups excluding carboxylic acids is 1. The number of hydrogen-bond acceptors (Lipinski definition) is 3. The zero-order chi connectivity index (χ0) is 27.1. The molecule has 3 aliphatic carbocycles. The van der Waals surface area contributed by atoms with Gasteiger partial charge in [0, 0.05) is 13.2 Å². The van der Waals surface area contributed by atoms with Crippen LogP contribution in [0.1, 0.15) is 168 Å². The number of hydrogen-bond donors (Lipinski definition) is 0. The van der Waals surface area contributed by atoms with E-state index >= 15 is 4.39 Å². The van der Waals surface area contributed by atoms with Gasteiger partial charge in [0.1, 0.15) is 6.17 Å². The van der Waals surface area contributed by atoms with Crippen LogP contribution in [0.3, 0.4) is 0 Å². The van der Waals surface area contributed by atoms with Crippen LogP contribution in [0.2, 0.25) is 0 Å². The fraction of sp³-hybridized carbons (Fsp3) is 0.971. The molecular formula is C34H61FO3. The number of ketones is 1. The topological polar surface area (TPSA) is 35.5 Å². The Morgan fingerprint density at radius 3 is 1.21 bits per heavy atom. The van der Waals surface area contributed by atoms with E-state index in [4.69, 9.17) is 9.47 Å². The maximum Gasteiger partial charge on any atom is 0.151 e. The van der Waals surface area contributed by atoms with Gasteiger partial charge in [-0.3, -0.25) is 4.79 Å². The Hall–Kier alpha value is -0.480. The van der Waals surface area contributed by atoms with Crippen molar-refractivity contribution < 1.29 is 18.7 Å². The molecule has 3 nitrogen and oxygen atoms in total. The first-order valence-corrected chi connectivity index (χ1v) is 17.0. The largest absolute Gasteiger partial charge is 0.378 e. The number of carbonyl (C=O) groups is 1. The molecule has 4 heteroatoms. The maximum absolute atomic E-state index is 15.8. The number of alkyl halides is 1. The lowest BCUT2D eigenvalue weighted by Gasteiger charge is -2.61. The van der Waals surface area contributed by atoms with Crippen LogP contribution in [0.15, 0.2) is 0 Å². The molecule has 0 N–H and O–H groups in total. The molecule has 0 aromatic carbocycles. The molecule has 3 fully saturated rings. The van der Waals surface area contributed by atoms with E-state index in [9.17, 15) is 4.79 Å². The number of Topliss-reactive ketones (excluding diaryl/α,β-unsaturated/α-hetero) is 1. The summed E-state index contributed by atoms with van der Waals surface area (Å²) in [5.41, 5.74) is -1.38. The Morgan fingerprint density at radius 1 is 0.579 bits per heavy atom. The van der Waals surface area contributed by atoms with E-state index in [1.165, 1.54) is 89.9 Å². The quantitative estimate of drug-likeness (QED) is 0.145. The molecule has 0 atom stereocenters. The molecule has 0 aliphatic heterocycles. The zero-order valence-corrected chi connectivity index (χ0v) is 25.2. The summed E-state index contributed by atoms with van der Waals surface area (Å²) >= 11 is 0. The predicted octanol–water partition coefficient (Wildman–Crippen LogP) is 10.1. The summed E-state index contributed by atoms with van der Waals surface area (Å²) in [5, 5.41) is 0. The lowest BCUT2D eigenvalue weighted by atomic mass is 9.42. The van der Waals surface area contributed by atoms with Crippen molar-refractivity contribution in [2.45, 2.75) is 186 Å². The molecule has 3 saturated carbocycles. The highest BCUT2D eigenvalue weighted by atomic mass is 19.1. The van der Waals surface area contributed by atoms with Crippen molar-refractivity contribution in [1.82, 2.24) is 0 Å². The van der Waals surface area contributed by atoms with Crippen LogP contribution in [0.25, 0.3) is 0 Å². The minimum absolute atomic E-state index is 0.224. The molecule has 0 aromatic rings. The summed E-state index contributed by atoms with van der Waals surface area (Å²) in [4.78, 5) is 13.5. The van der Waals surface area contributed by atoms with Crippen molar-refractivity contribution in [2.75, 3.05) is 13.2 Å². The van der Waals surface area contributed by atoms with Crippen LogP contribution in [-0.2, 0) is 14.3 Å². The Kier molecular flexibility index (Phi) is 14.6. The number of halogens is 1. The summed E-state index contributed by atoms with van der Waals surface area (Å²) in [6.07, 6.45) is 26.6. The average molecular weight is 537 g/mol. The van der Waals surface area contributed by atoms with Crippen molar-refractivity contribution in [2.24, 2.45) is 10.8 Å². The van der Waals surface area contributed by atoms with Gasteiger partial charge in [-0.05, 0) is 64.2 Å². The minimum atomic E-state index is -0.954. The molecule has 0 heterocycles. The highest BCUT2D eigenvalue weighted by Crippen LogP contribution is 2.64. The van der Waals surface area contributed by atoms with Crippen molar-refractivity contribution >= 4 is 5.78 Å². The highest BCUT2D eigenvalue weighted by molar-refractivity contribution is 5.98. The first-order chi connectivity index (χ1) is 18.6. The van der Waals surface area contributed by atoms with Gasteiger partial charge in [0.15, 0.2) is 5.78 Å². The molecule has 2 spiro atoms. The van der Waals surface area contributed by atoms with Crippen LogP contribution in [0.5, 0.6) is 0 Å². The molecule has 3 aliphatic rings. The van der Waals surface area contributed by atoms with Gasteiger partial charge in [0.2, 0.25) is 0 Å². The van der Waals surface area contributed by atoms with E-state index in [0.717, 1.165) is 51.7 Å². The monoisotopic (exact) mass is 536 g/mol. The predicted molar refractivity (Wildman–Crippen MR) is 156 cm³/mol. The van der Waals surface area contributed by atoms with E-state index in [0.29, 0.717) is 25.7 Å². The summed E-state index contributed by atoms with van der Waals surface area (Å²) in [6, 6.07) is 0. The summed E-state index contributed by atoms with van der Waals surface area (Å²) in [5.74, 6) is 0.251. The van der Waals surface area contributed by atoms with Gasteiger partial charge in [0.25, 0.3) is 0 Å². The third-order valence-corrected chi connectivity index (χ3v) is 10.2. The van der Waals surface area contributed by atoms with Crippen molar-refractivity contribution in [1.29, 1.82) is 0 Å². The van der Waals surface area contributed by atoms with E-state index in [-0.39, 0.29) is 18.0 Å². The van der Waals surface area contributed by atoms with Crippen molar-refractivity contribution in [3.63, 3.8) is 0 Å². The van der Waals surface area contributed by atoms with Crippen LogP contribution >= 0.6 is 0 Å². The molecule has 0 bridgehead atoms. The molecule has 0 aromatic heterocycles. The molecule has 38 heavy (non-hydrogen) atoms. The van der Waals surface area contributed by atoms with Gasteiger partial charge < -0.3 is 9.47 Å². The Labute approximate surface area is 234 Å². The van der Waals surface area contributed by atoms with E-state index in [2.05, 4.69) is 13.8 Å². The fourth-order valence-corrected chi connectivity index (χ4v) is 7.66. The first-order valence-electron chi connectivity index (χ1n) is 17.0. The summed E-state index contributed by atoms with van der Waals surface area (Å²) in [6.45, 7) is 6.17. The SMILES string of the molecule is CCCCCCCCCCOC1CCC2(CC1)C(=O)C1(CCC(OCCCCCCCCCC)CC1)C2F.